The number of benzene rings is 1. The van der Waals surface area contributed by atoms with Crippen LogP contribution in [0.3, 0.4) is 0 Å². The summed E-state index contributed by atoms with van der Waals surface area (Å²) in [4.78, 5) is 13.8. The van der Waals surface area contributed by atoms with Gasteiger partial charge in [-0.3, -0.25) is 0 Å². The van der Waals surface area contributed by atoms with Gasteiger partial charge in [-0.25, -0.2) is 4.79 Å². The van der Waals surface area contributed by atoms with Crippen molar-refractivity contribution in [1.82, 2.24) is 4.90 Å². The van der Waals surface area contributed by atoms with Crippen molar-refractivity contribution in [3.63, 3.8) is 0 Å². The first-order valence-corrected chi connectivity index (χ1v) is 7.56. The number of rotatable bonds is 1. The van der Waals surface area contributed by atoms with Crippen molar-refractivity contribution in [3.8, 4) is 0 Å². The number of piperidine rings is 1. The monoisotopic (exact) mass is 290 g/mol. The fraction of sp³-hybridized carbons (Fsp3) is 0.588. The van der Waals surface area contributed by atoms with Crippen LogP contribution in [0, 0.1) is 6.92 Å². The van der Waals surface area contributed by atoms with Crippen LogP contribution in [-0.4, -0.2) is 35.7 Å². The molecule has 0 spiro atoms. The van der Waals surface area contributed by atoms with Crippen LogP contribution in [0.2, 0.25) is 0 Å². The second-order valence-electron chi connectivity index (χ2n) is 6.90. The van der Waals surface area contributed by atoms with Crippen molar-refractivity contribution in [2.75, 3.05) is 13.1 Å². The lowest BCUT2D eigenvalue weighted by molar-refractivity contribution is 0.0186. The fourth-order valence-corrected chi connectivity index (χ4v) is 2.79. The van der Waals surface area contributed by atoms with Gasteiger partial charge in [0.05, 0.1) is 0 Å². The third-order valence-electron chi connectivity index (χ3n) is 3.78. The molecule has 2 rings (SSSR count). The molecule has 116 valence electrons. The van der Waals surface area contributed by atoms with Gasteiger partial charge in [-0.15, -0.1) is 0 Å². The van der Waals surface area contributed by atoms with Crippen LogP contribution in [0.1, 0.15) is 44.2 Å². The molecular weight excluding hydrogens is 264 g/mol. The van der Waals surface area contributed by atoms with Crippen molar-refractivity contribution < 1.29 is 9.53 Å². The minimum atomic E-state index is -0.464. The summed E-state index contributed by atoms with van der Waals surface area (Å²) in [6.07, 6.45) is 0.616. The summed E-state index contributed by atoms with van der Waals surface area (Å²) in [6, 6.07) is 8.42. The smallest absolute Gasteiger partial charge is 0.410 e. The summed E-state index contributed by atoms with van der Waals surface area (Å²) >= 11 is 0. The lowest BCUT2D eigenvalue weighted by Crippen LogP contribution is -2.50. The Kier molecular flexibility index (Phi) is 4.57. The summed E-state index contributed by atoms with van der Waals surface area (Å²) in [5, 5.41) is 0. The molecule has 21 heavy (non-hydrogen) atoms. The molecule has 2 atom stereocenters. The number of carbonyl (C=O) groups is 1. The Morgan fingerprint density at radius 2 is 2.10 bits per heavy atom. The summed E-state index contributed by atoms with van der Waals surface area (Å²) in [5.74, 6) is 0.309. The highest BCUT2D eigenvalue weighted by molar-refractivity contribution is 5.68. The van der Waals surface area contributed by atoms with E-state index in [4.69, 9.17) is 10.5 Å². The van der Waals surface area contributed by atoms with Gasteiger partial charge in [-0.1, -0.05) is 29.8 Å². The standard InChI is InChI=1S/C17H26N2O2/c1-12-6-5-7-13(10-12)14-8-9-19(11-15(14)18)16(20)21-17(2,3)4/h5-7,10,14-15H,8-9,11,18H2,1-4H3/t14-,15-/m0/s1. The number of aryl methyl sites for hydroxylation is 1. The van der Waals surface area contributed by atoms with E-state index in [2.05, 4.69) is 31.2 Å². The highest BCUT2D eigenvalue weighted by Crippen LogP contribution is 2.28. The van der Waals surface area contributed by atoms with Gasteiger partial charge in [-0.2, -0.15) is 0 Å². The van der Waals surface area contributed by atoms with E-state index in [9.17, 15) is 4.79 Å². The zero-order valence-electron chi connectivity index (χ0n) is 13.4. The Labute approximate surface area is 127 Å². The molecule has 1 heterocycles. The summed E-state index contributed by atoms with van der Waals surface area (Å²) in [6.45, 7) is 8.97. The second kappa shape index (κ2) is 6.06. The van der Waals surface area contributed by atoms with Gasteiger partial charge in [-0.05, 0) is 39.7 Å². The number of likely N-dealkylation sites (tertiary alicyclic amines) is 1. The molecule has 4 nitrogen and oxygen atoms in total. The number of hydrogen-bond acceptors (Lipinski definition) is 3. The average Bonchev–Trinajstić information content (AvgIpc) is 2.36. The highest BCUT2D eigenvalue weighted by atomic mass is 16.6. The molecule has 0 aromatic heterocycles. The van der Waals surface area contributed by atoms with Gasteiger partial charge in [0, 0.05) is 25.0 Å². The van der Waals surface area contributed by atoms with Crippen LogP contribution in [0.5, 0.6) is 0 Å². The summed E-state index contributed by atoms with van der Waals surface area (Å²) < 4.78 is 5.42. The molecule has 0 bridgehead atoms. The molecule has 1 aromatic rings. The second-order valence-corrected chi connectivity index (χ2v) is 6.90. The lowest BCUT2D eigenvalue weighted by atomic mass is 9.85. The largest absolute Gasteiger partial charge is 0.444 e. The maximum Gasteiger partial charge on any atom is 0.410 e. The van der Waals surface area contributed by atoms with Crippen molar-refractivity contribution in [3.05, 3.63) is 35.4 Å². The summed E-state index contributed by atoms with van der Waals surface area (Å²) in [7, 11) is 0. The molecule has 1 amide bonds. The van der Waals surface area contributed by atoms with E-state index in [1.54, 1.807) is 4.90 Å². The Morgan fingerprint density at radius 3 is 2.67 bits per heavy atom. The molecule has 0 radical (unpaired) electrons. The molecule has 1 aliphatic rings. The van der Waals surface area contributed by atoms with Crippen LogP contribution in [0.25, 0.3) is 0 Å². The van der Waals surface area contributed by atoms with E-state index in [-0.39, 0.29) is 12.1 Å². The molecule has 0 aliphatic carbocycles. The molecule has 1 saturated heterocycles. The normalized spacial score (nSPS) is 23.0. The van der Waals surface area contributed by atoms with Crippen LogP contribution in [0.15, 0.2) is 24.3 Å². The zero-order valence-corrected chi connectivity index (χ0v) is 13.4. The van der Waals surface area contributed by atoms with Crippen LogP contribution >= 0.6 is 0 Å². The number of nitrogens with zero attached hydrogens (tertiary/aromatic N) is 1. The van der Waals surface area contributed by atoms with Gasteiger partial charge < -0.3 is 15.4 Å². The van der Waals surface area contributed by atoms with Gasteiger partial charge in [0.1, 0.15) is 5.60 Å². The summed E-state index contributed by atoms with van der Waals surface area (Å²) in [5.41, 5.74) is 8.35. The van der Waals surface area contributed by atoms with Crippen LogP contribution in [-0.2, 0) is 4.74 Å². The van der Waals surface area contributed by atoms with E-state index in [0.29, 0.717) is 19.0 Å². The Hall–Kier alpha value is -1.55. The van der Waals surface area contributed by atoms with Crippen molar-refractivity contribution in [1.29, 1.82) is 0 Å². The molecule has 2 N–H and O–H groups in total. The first-order chi connectivity index (χ1) is 9.76. The van der Waals surface area contributed by atoms with Crippen LogP contribution < -0.4 is 5.73 Å². The SMILES string of the molecule is Cc1cccc([C@@H]2CCN(C(=O)OC(C)(C)C)C[C@@H]2N)c1. The van der Waals surface area contributed by atoms with Gasteiger partial charge in [0.15, 0.2) is 0 Å². The molecule has 0 saturated carbocycles. The number of amides is 1. The van der Waals surface area contributed by atoms with Gasteiger partial charge in [0.2, 0.25) is 0 Å². The minimum Gasteiger partial charge on any atom is -0.444 e. The molecule has 1 aromatic carbocycles. The Balaban J connectivity index is 2.01. The Bertz CT molecular complexity index is 508. The average molecular weight is 290 g/mol. The lowest BCUT2D eigenvalue weighted by Gasteiger charge is -2.37. The van der Waals surface area contributed by atoms with E-state index in [1.807, 2.05) is 20.8 Å². The first-order valence-electron chi connectivity index (χ1n) is 7.56. The number of hydrogen-bond donors (Lipinski definition) is 1. The number of ether oxygens (including phenoxy) is 1. The van der Waals surface area contributed by atoms with Crippen molar-refractivity contribution in [2.45, 2.75) is 51.7 Å². The first kappa shape index (κ1) is 15.8. The number of carbonyl (C=O) groups excluding carboxylic acids is 1. The quantitative estimate of drug-likeness (QED) is 0.865. The predicted octanol–water partition coefficient (Wildman–Crippen LogP) is 3.05. The van der Waals surface area contributed by atoms with Crippen molar-refractivity contribution in [2.24, 2.45) is 5.73 Å². The van der Waals surface area contributed by atoms with E-state index in [0.717, 1.165) is 6.42 Å². The molecular formula is C17H26N2O2. The maximum absolute atomic E-state index is 12.1. The fourth-order valence-electron chi connectivity index (χ4n) is 2.79. The van der Waals surface area contributed by atoms with E-state index < -0.39 is 5.60 Å². The maximum atomic E-state index is 12.1. The van der Waals surface area contributed by atoms with Gasteiger partial charge >= 0.3 is 6.09 Å². The van der Waals surface area contributed by atoms with E-state index >= 15 is 0 Å². The molecule has 0 unspecified atom stereocenters. The predicted molar refractivity (Wildman–Crippen MR) is 84.3 cm³/mol. The molecule has 4 heteroatoms. The number of nitrogens with two attached hydrogens (primary N) is 1. The molecule has 1 aliphatic heterocycles. The van der Waals surface area contributed by atoms with Crippen molar-refractivity contribution >= 4 is 6.09 Å². The minimum absolute atomic E-state index is 0.0481. The van der Waals surface area contributed by atoms with Gasteiger partial charge in [0.25, 0.3) is 0 Å². The van der Waals surface area contributed by atoms with E-state index in [1.165, 1.54) is 11.1 Å². The highest BCUT2D eigenvalue weighted by Gasteiger charge is 2.32. The molecule has 1 fully saturated rings. The topological polar surface area (TPSA) is 55.6 Å². The third-order valence-corrected chi connectivity index (χ3v) is 3.78. The zero-order chi connectivity index (χ0) is 15.6. The third kappa shape index (κ3) is 4.21. The van der Waals surface area contributed by atoms with Crippen LogP contribution in [0.4, 0.5) is 4.79 Å². The Morgan fingerprint density at radius 1 is 1.38 bits per heavy atom.